The van der Waals surface area contributed by atoms with Crippen molar-refractivity contribution < 1.29 is 13.9 Å². The highest BCUT2D eigenvalue weighted by molar-refractivity contribution is 5.05. The zero-order valence-electron chi connectivity index (χ0n) is 11.9. The van der Waals surface area contributed by atoms with E-state index in [2.05, 4.69) is 11.9 Å². The van der Waals surface area contributed by atoms with Crippen molar-refractivity contribution in [1.29, 1.82) is 0 Å². The quantitative estimate of drug-likeness (QED) is 0.636. The Kier molecular flexibility index (Phi) is 7.01. The number of hydrogen-bond donors (Lipinski definition) is 0. The van der Waals surface area contributed by atoms with Crippen molar-refractivity contribution >= 4 is 0 Å². The molecule has 0 unspecified atom stereocenters. The molecule has 0 aromatic carbocycles. The third-order valence-electron chi connectivity index (χ3n) is 2.67. The van der Waals surface area contributed by atoms with E-state index in [1.807, 2.05) is 32.9 Å². The van der Waals surface area contributed by atoms with Gasteiger partial charge in [0.2, 0.25) is 0 Å². The van der Waals surface area contributed by atoms with Gasteiger partial charge in [-0.3, -0.25) is 4.90 Å². The van der Waals surface area contributed by atoms with Crippen molar-refractivity contribution in [3.8, 4) is 0 Å². The summed E-state index contributed by atoms with van der Waals surface area (Å²) >= 11 is 0. The molecule has 104 valence electrons. The number of rotatable bonds is 9. The van der Waals surface area contributed by atoms with E-state index in [4.69, 9.17) is 13.9 Å². The maximum Gasteiger partial charge on any atom is 0.158 e. The monoisotopic (exact) mass is 255 g/mol. The Morgan fingerprint density at radius 3 is 2.39 bits per heavy atom. The summed E-state index contributed by atoms with van der Waals surface area (Å²) in [5, 5.41) is 0. The minimum atomic E-state index is -0.0965. The predicted octanol–water partition coefficient (Wildman–Crippen LogP) is 2.81. The zero-order chi connectivity index (χ0) is 13.4. The Morgan fingerprint density at radius 2 is 1.89 bits per heavy atom. The maximum absolute atomic E-state index is 5.55. The van der Waals surface area contributed by atoms with Crippen LogP contribution < -0.4 is 0 Å². The van der Waals surface area contributed by atoms with Crippen molar-refractivity contribution in [2.45, 2.75) is 40.0 Å². The molecular weight excluding hydrogens is 230 g/mol. The van der Waals surface area contributed by atoms with E-state index in [1.54, 1.807) is 0 Å². The van der Waals surface area contributed by atoms with Gasteiger partial charge in [-0.15, -0.1) is 0 Å². The first kappa shape index (κ1) is 15.2. The van der Waals surface area contributed by atoms with E-state index in [-0.39, 0.29) is 6.29 Å². The lowest BCUT2D eigenvalue weighted by molar-refractivity contribution is -0.141. The Morgan fingerprint density at radius 1 is 1.22 bits per heavy atom. The molecule has 0 saturated heterocycles. The Bertz CT molecular complexity index is 319. The minimum Gasteiger partial charge on any atom is -0.465 e. The van der Waals surface area contributed by atoms with Crippen LogP contribution in [0.3, 0.4) is 0 Å². The van der Waals surface area contributed by atoms with Crippen LogP contribution in [0.2, 0.25) is 0 Å². The van der Waals surface area contributed by atoms with Crippen molar-refractivity contribution in [1.82, 2.24) is 4.90 Å². The molecule has 0 atom stereocenters. The fraction of sp³-hybridized carbons (Fsp3) is 0.714. The molecule has 0 spiro atoms. The second-order valence-corrected chi connectivity index (χ2v) is 4.38. The molecule has 1 aromatic heterocycles. The summed E-state index contributed by atoms with van der Waals surface area (Å²) in [6.45, 7) is 9.05. The third kappa shape index (κ3) is 5.67. The number of hydrogen-bond acceptors (Lipinski definition) is 4. The standard InChI is InChI=1S/C14H25NO3/c1-5-16-14(17-6-2)9-10-15(4)11-13-8-7-12(3)18-13/h7-8,14H,5-6,9-11H2,1-4H3. The molecule has 0 saturated carbocycles. The summed E-state index contributed by atoms with van der Waals surface area (Å²) in [4.78, 5) is 2.21. The maximum atomic E-state index is 5.55. The van der Waals surface area contributed by atoms with E-state index in [0.29, 0.717) is 13.2 Å². The van der Waals surface area contributed by atoms with Crippen molar-refractivity contribution in [3.63, 3.8) is 0 Å². The Balaban J connectivity index is 2.28. The van der Waals surface area contributed by atoms with E-state index in [9.17, 15) is 0 Å². The largest absolute Gasteiger partial charge is 0.465 e. The van der Waals surface area contributed by atoms with Crippen LogP contribution in [0.15, 0.2) is 16.5 Å². The van der Waals surface area contributed by atoms with Gasteiger partial charge in [-0.05, 0) is 40.0 Å². The Labute approximate surface area is 110 Å². The SMILES string of the molecule is CCOC(CCN(C)Cc1ccc(C)o1)OCC. The summed E-state index contributed by atoms with van der Waals surface area (Å²) in [6, 6.07) is 4.01. The van der Waals surface area contributed by atoms with Gasteiger partial charge in [0.1, 0.15) is 11.5 Å². The molecule has 0 aliphatic carbocycles. The summed E-state index contributed by atoms with van der Waals surface area (Å²) in [7, 11) is 2.08. The van der Waals surface area contributed by atoms with Crippen LogP contribution in [0, 0.1) is 6.92 Å². The van der Waals surface area contributed by atoms with E-state index in [1.165, 1.54) is 0 Å². The smallest absolute Gasteiger partial charge is 0.158 e. The highest BCUT2D eigenvalue weighted by atomic mass is 16.7. The third-order valence-corrected chi connectivity index (χ3v) is 2.67. The number of aryl methyl sites for hydroxylation is 1. The van der Waals surface area contributed by atoms with E-state index >= 15 is 0 Å². The molecule has 1 aromatic rings. The van der Waals surface area contributed by atoms with Crippen LogP contribution in [-0.2, 0) is 16.0 Å². The zero-order valence-corrected chi connectivity index (χ0v) is 11.9. The van der Waals surface area contributed by atoms with E-state index in [0.717, 1.165) is 31.0 Å². The van der Waals surface area contributed by atoms with Gasteiger partial charge in [0.15, 0.2) is 6.29 Å². The lowest BCUT2D eigenvalue weighted by atomic mass is 10.3. The summed E-state index contributed by atoms with van der Waals surface area (Å²) in [6.07, 6.45) is 0.776. The minimum absolute atomic E-state index is 0.0965. The summed E-state index contributed by atoms with van der Waals surface area (Å²) in [5.41, 5.74) is 0. The van der Waals surface area contributed by atoms with Crippen LogP contribution in [0.4, 0.5) is 0 Å². The highest BCUT2D eigenvalue weighted by Crippen LogP contribution is 2.10. The number of nitrogens with zero attached hydrogens (tertiary/aromatic N) is 1. The van der Waals surface area contributed by atoms with Crippen LogP contribution >= 0.6 is 0 Å². The first-order valence-electron chi connectivity index (χ1n) is 6.62. The molecule has 0 fully saturated rings. The predicted molar refractivity (Wildman–Crippen MR) is 71.4 cm³/mol. The molecule has 0 aliphatic heterocycles. The lowest BCUT2D eigenvalue weighted by Gasteiger charge is -2.20. The molecule has 0 bridgehead atoms. The van der Waals surface area contributed by atoms with Gasteiger partial charge in [-0.25, -0.2) is 0 Å². The van der Waals surface area contributed by atoms with Gasteiger partial charge in [0.05, 0.1) is 6.54 Å². The molecular formula is C14H25NO3. The van der Waals surface area contributed by atoms with Crippen molar-refractivity contribution in [3.05, 3.63) is 23.7 Å². The van der Waals surface area contributed by atoms with Crippen LogP contribution in [-0.4, -0.2) is 38.0 Å². The van der Waals surface area contributed by atoms with E-state index < -0.39 is 0 Å². The lowest BCUT2D eigenvalue weighted by Crippen LogP contribution is -2.26. The second kappa shape index (κ2) is 8.29. The van der Waals surface area contributed by atoms with Gasteiger partial charge in [-0.1, -0.05) is 0 Å². The van der Waals surface area contributed by atoms with Gasteiger partial charge in [0.25, 0.3) is 0 Å². The van der Waals surface area contributed by atoms with Gasteiger partial charge >= 0.3 is 0 Å². The fourth-order valence-corrected chi connectivity index (χ4v) is 1.83. The average Bonchev–Trinajstić information content (AvgIpc) is 2.72. The van der Waals surface area contributed by atoms with Crippen molar-refractivity contribution in [2.24, 2.45) is 0 Å². The molecule has 1 heterocycles. The molecule has 4 nitrogen and oxygen atoms in total. The normalized spacial score (nSPS) is 11.7. The van der Waals surface area contributed by atoms with Crippen LogP contribution in [0.5, 0.6) is 0 Å². The van der Waals surface area contributed by atoms with Gasteiger partial charge in [0, 0.05) is 26.2 Å². The first-order chi connectivity index (χ1) is 8.65. The molecule has 0 N–H and O–H groups in total. The van der Waals surface area contributed by atoms with Gasteiger partial charge < -0.3 is 13.9 Å². The molecule has 0 amide bonds. The van der Waals surface area contributed by atoms with Crippen LogP contribution in [0.1, 0.15) is 31.8 Å². The van der Waals surface area contributed by atoms with Crippen LogP contribution in [0.25, 0.3) is 0 Å². The second-order valence-electron chi connectivity index (χ2n) is 4.38. The number of furan rings is 1. The Hall–Kier alpha value is -0.840. The molecule has 0 aliphatic rings. The average molecular weight is 255 g/mol. The number of ether oxygens (including phenoxy) is 2. The highest BCUT2D eigenvalue weighted by Gasteiger charge is 2.10. The summed E-state index contributed by atoms with van der Waals surface area (Å²) < 4.78 is 16.6. The van der Waals surface area contributed by atoms with Gasteiger partial charge in [-0.2, -0.15) is 0 Å². The molecule has 1 rings (SSSR count). The summed E-state index contributed by atoms with van der Waals surface area (Å²) in [5.74, 6) is 1.96. The topological polar surface area (TPSA) is 34.8 Å². The molecule has 18 heavy (non-hydrogen) atoms. The molecule has 0 radical (unpaired) electrons. The molecule has 4 heteroatoms. The first-order valence-corrected chi connectivity index (χ1v) is 6.62. The van der Waals surface area contributed by atoms with Crippen molar-refractivity contribution in [2.75, 3.05) is 26.8 Å². The fourth-order valence-electron chi connectivity index (χ4n) is 1.83.